The number of hydrogen-bond acceptors (Lipinski definition) is 2. The van der Waals surface area contributed by atoms with Gasteiger partial charge in [-0.1, -0.05) is 12.1 Å². The maximum atomic E-state index is 10.7. The van der Waals surface area contributed by atoms with Gasteiger partial charge in [0.1, 0.15) is 0 Å². The van der Waals surface area contributed by atoms with Crippen LogP contribution in [0.25, 0.3) is 0 Å². The molecule has 1 aliphatic rings. The van der Waals surface area contributed by atoms with E-state index in [0.29, 0.717) is 5.92 Å². The molecule has 0 aromatic heterocycles. The second kappa shape index (κ2) is 4.16. The lowest BCUT2D eigenvalue weighted by molar-refractivity contribution is -0.138. The van der Waals surface area contributed by atoms with Gasteiger partial charge in [-0.05, 0) is 37.0 Å². The van der Waals surface area contributed by atoms with Crippen molar-refractivity contribution in [2.75, 3.05) is 18.5 Å². The molecule has 0 amide bonds. The summed E-state index contributed by atoms with van der Waals surface area (Å²) in [5, 5.41) is 8.83. The molecule has 86 valence electrons. The molecule has 3 heteroatoms. The summed E-state index contributed by atoms with van der Waals surface area (Å²) in [5.74, 6) is -0.446. The first-order valence-electron chi connectivity index (χ1n) is 5.58. The number of aliphatic carboxylic acids is 1. The van der Waals surface area contributed by atoms with E-state index in [4.69, 9.17) is 5.11 Å². The summed E-state index contributed by atoms with van der Waals surface area (Å²) >= 11 is 0. The van der Waals surface area contributed by atoms with Crippen LogP contribution in [0.3, 0.4) is 0 Å². The van der Waals surface area contributed by atoms with Crippen molar-refractivity contribution < 1.29 is 9.90 Å². The fourth-order valence-electron chi connectivity index (χ4n) is 2.07. The van der Waals surface area contributed by atoms with Crippen molar-refractivity contribution in [1.82, 2.24) is 0 Å². The third kappa shape index (κ3) is 2.35. The van der Waals surface area contributed by atoms with Crippen molar-refractivity contribution in [3.63, 3.8) is 0 Å². The van der Waals surface area contributed by atoms with Gasteiger partial charge in [0.25, 0.3) is 0 Å². The van der Waals surface area contributed by atoms with E-state index in [1.807, 2.05) is 13.1 Å². The molecule has 3 nitrogen and oxygen atoms in total. The van der Waals surface area contributed by atoms with Crippen molar-refractivity contribution >= 4 is 11.7 Å². The predicted octanol–water partition coefficient (Wildman–Crippen LogP) is 2.15. The Hall–Kier alpha value is -1.51. The number of hydrogen-bond donors (Lipinski definition) is 1. The number of anilines is 1. The topological polar surface area (TPSA) is 40.5 Å². The van der Waals surface area contributed by atoms with E-state index in [1.54, 1.807) is 0 Å². The standard InChI is InChI=1S/C13H17NO2/c1-9-4-3-5-11(6-9)14(2)8-10-7-12(10)13(15)16/h3-6,10,12H,7-8H2,1-2H3,(H,15,16). The Morgan fingerprint density at radius 2 is 2.31 bits per heavy atom. The smallest absolute Gasteiger partial charge is 0.306 e. The third-order valence-electron chi connectivity index (χ3n) is 3.19. The van der Waals surface area contributed by atoms with Crippen molar-refractivity contribution in [1.29, 1.82) is 0 Å². The Balaban J connectivity index is 1.94. The van der Waals surface area contributed by atoms with Crippen LogP contribution in [0.4, 0.5) is 5.69 Å². The van der Waals surface area contributed by atoms with Crippen molar-refractivity contribution in [2.45, 2.75) is 13.3 Å². The van der Waals surface area contributed by atoms with Crippen molar-refractivity contribution in [2.24, 2.45) is 11.8 Å². The highest BCUT2D eigenvalue weighted by Gasteiger charge is 2.43. The number of carboxylic acid groups (broad SMARTS) is 1. The van der Waals surface area contributed by atoms with E-state index in [2.05, 4.69) is 30.0 Å². The fourth-order valence-corrected chi connectivity index (χ4v) is 2.07. The minimum absolute atomic E-state index is 0.118. The van der Waals surface area contributed by atoms with Gasteiger partial charge in [-0.15, -0.1) is 0 Å². The first kappa shape index (κ1) is 11.0. The zero-order valence-electron chi connectivity index (χ0n) is 9.68. The average molecular weight is 219 g/mol. The highest BCUT2D eigenvalue weighted by atomic mass is 16.4. The predicted molar refractivity (Wildman–Crippen MR) is 63.7 cm³/mol. The van der Waals surface area contributed by atoms with Gasteiger partial charge in [-0.25, -0.2) is 0 Å². The van der Waals surface area contributed by atoms with Gasteiger partial charge in [0, 0.05) is 19.3 Å². The van der Waals surface area contributed by atoms with Gasteiger partial charge in [0.05, 0.1) is 5.92 Å². The number of aryl methyl sites for hydroxylation is 1. The van der Waals surface area contributed by atoms with E-state index in [9.17, 15) is 4.79 Å². The highest BCUT2D eigenvalue weighted by molar-refractivity contribution is 5.73. The summed E-state index contributed by atoms with van der Waals surface area (Å²) in [6.45, 7) is 2.90. The summed E-state index contributed by atoms with van der Waals surface area (Å²) in [7, 11) is 2.02. The Morgan fingerprint density at radius 1 is 1.56 bits per heavy atom. The maximum Gasteiger partial charge on any atom is 0.306 e. The molecule has 1 fully saturated rings. The summed E-state index contributed by atoms with van der Waals surface area (Å²) in [4.78, 5) is 12.9. The molecular weight excluding hydrogens is 202 g/mol. The van der Waals surface area contributed by atoms with Crippen LogP contribution in [0.15, 0.2) is 24.3 Å². The molecular formula is C13H17NO2. The molecule has 0 heterocycles. The van der Waals surface area contributed by atoms with Crippen LogP contribution in [0, 0.1) is 18.8 Å². The molecule has 2 rings (SSSR count). The Kier molecular flexibility index (Phi) is 2.86. The van der Waals surface area contributed by atoms with Crippen molar-refractivity contribution in [3.05, 3.63) is 29.8 Å². The highest BCUT2D eigenvalue weighted by Crippen LogP contribution is 2.39. The molecule has 1 saturated carbocycles. The van der Waals surface area contributed by atoms with E-state index < -0.39 is 5.97 Å². The molecule has 16 heavy (non-hydrogen) atoms. The maximum absolute atomic E-state index is 10.7. The number of benzene rings is 1. The number of rotatable bonds is 4. The molecule has 0 saturated heterocycles. The second-order valence-electron chi connectivity index (χ2n) is 4.66. The minimum atomic E-state index is -0.650. The van der Waals surface area contributed by atoms with E-state index >= 15 is 0 Å². The molecule has 2 unspecified atom stereocenters. The molecule has 0 spiro atoms. The lowest BCUT2D eigenvalue weighted by Gasteiger charge is -2.19. The van der Waals surface area contributed by atoms with Gasteiger partial charge in [0.15, 0.2) is 0 Å². The van der Waals surface area contributed by atoms with Gasteiger partial charge in [-0.2, -0.15) is 0 Å². The molecule has 0 aliphatic heterocycles. The summed E-state index contributed by atoms with van der Waals surface area (Å²) in [6, 6.07) is 8.28. The van der Waals surface area contributed by atoms with E-state index in [0.717, 1.165) is 18.7 Å². The second-order valence-corrected chi connectivity index (χ2v) is 4.66. The van der Waals surface area contributed by atoms with Gasteiger partial charge in [0.2, 0.25) is 0 Å². The van der Waals surface area contributed by atoms with Gasteiger partial charge < -0.3 is 10.0 Å². The first-order valence-corrected chi connectivity index (χ1v) is 5.58. The first-order chi connectivity index (χ1) is 7.58. The van der Waals surface area contributed by atoms with Gasteiger partial charge in [-0.3, -0.25) is 4.79 Å². The zero-order chi connectivity index (χ0) is 11.7. The molecule has 1 N–H and O–H groups in total. The van der Waals surface area contributed by atoms with Crippen molar-refractivity contribution in [3.8, 4) is 0 Å². The average Bonchev–Trinajstić information content (AvgIpc) is 2.97. The van der Waals surface area contributed by atoms with Crippen LogP contribution in [0.5, 0.6) is 0 Å². The summed E-state index contributed by atoms with van der Waals surface area (Å²) in [6.07, 6.45) is 0.825. The van der Waals surface area contributed by atoms with E-state index in [1.165, 1.54) is 5.56 Å². The number of carboxylic acids is 1. The van der Waals surface area contributed by atoms with Crippen LogP contribution in [-0.4, -0.2) is 24.7 Å². The summed E-state index contributed by atoms with van der Waals surface area (Å²) in [5.41, 5.74) is 2.39. The SMILES string of the molecule is Cc1cccc(N(C)CC2CC2C(=O)O)c1. The Morgan fingerprint density at radius 3 is 2.88 bits per heavy atom. The van der Waals surface area contributed by atoms with Crippen LogP contribution >= 0.6 is 0 Å². The molecule has 2 atom stereocenters. The molecule has 0 radical (unpaired) electrons. The summed E-state index contributed by atoms with van der Waals surface area (Å²) < 4.78 is 0. The number of carbonyl (C=O) groups is 1. The lowest BCUT2D eigenvalue weighted by atomic mass is 10.2. The quantitative estimate of drug-likeness (QED) is 0.843. The van der Waals surface area contributed by atoms with Crippen LogP contribution in [0.2, 0.25) is 0 Å². The van der Waals surface area contributed by atoms with Crippen LogP contribution in [-0.2, 0) is 4.79 Å². The van der Waals surface area contributed by atoms with Gasteiger partial charge >= 0.3 is 5.97 Å². The zero-order valence-corrected chi connectivity index (χ0v) is 9.68. The number of nitrogens with zero attached hydrogens (tertiary/aromatic N) is 1. The largest absolute Gasteiger partial charge is 0.481 e. The normalized spacial score (nSPS) is 22.9. The molecule has 1 aliphatic carbocycles. The van der Waals surface area contributed by atoms with Crippen LogP contribution in [0.1, 0.15) is 12.0 Å². The molecule has 1 aromatic rings. The fraction of sp³-hybridized carbons (Fsp3) is 0.462. The Bertz CT molecular complexity index is 403. The molecule has 0 bridgehead atoms. The third-order valence-corrected chi connectivity index (χ3v) is 3.19. The minimum Gasteiger partial charge on any atom is -0.481 e. The molecule has 1 aromatic carbocycles. The lowest BCUT2D eigenvalue weighted by Crippen LogP contribution is -2.21. The van der Waals surface area contributed by atoms with Crippen LogP contribution < -0.4 is 4.90 Å². The van der Waals surface area contributed by atoms with E-state index in [-0.39, 0.29) is 5.92 Å². The monoisotopic (exact) mass is 219 g/mol. The Labute approximate surface area is 95.7 Å².